The summed E-state index contributed by atoms with van der Waals surface area (Å²) < 4.78 is 5.81. The van der Waals surface area contributed by atoms with Gasteiger partial charge in [0, 0.05) is 25.4 Å². The molecule has 1 aliphatic heterocycles. The Balaban J connectivity index is 1.61. The third-order valence-electron chi connectivity index (χ3n) is 4.99. The Bertz CT molecular complexity index is 764. The summed E-state index contributed by atoms with van der Waals surface area (Å²) in [5.74, 6) is 1.81. The van der Waals surface area contributed by atoms with Crippen LogP contribution in [0.5, 0.6) is 11.6 Å². The number of pyridine rings is 1. The largest absolute Gasteiger partial charge is 0.439 e. The van der Waals surface area contributed by atoms with Crippen LogP contribution in [-0.4, -0.2) is 42.5 Å². The fourth-order valence-electron chi connectivity index (χ4n) is 3.37. The summed E-state index contributed by atoms with van der Waals surface area (Å²) in [6.07, 6.45) is 2.65. The number of carbonyl (C=O) groups is 1. The van der Waals surface area contributed by atoms with Crippen LogP contribution < -0.4 is 10.1 Å². The summed E-state index contributed by atoms with van der Waals surface area (Å²) in [5, 5.41) is 3.18. The summed E-state index contributed by atoms with van der Waals surface area (Å²) in [4.78, 5) is 18.8. The zero-order chi connectivity index (χ0) is 19.4. The molecule has 2 aromatic rings. The van der Waals surface area contributed by atoms with Crippen molar-refractivity contribution in [2.24, 2.45) is 5.92 Å². The number of nitrogens with one attached hydrogen (secondary N) is 1. The number of aromatic nitrogens is 1. The molecule has 0 saturated carbocycles. The maximum absolute atomic E-state index is 12.6. The molecule has 0 bridgehead atoms. The predicted octanol–water partition coefficient (Wildman–Crippen LogP) is 3.85. The molecule has 1 amide bonds. The second-order valence-electron chi connectivity index (χ2n) is 8.23. The molecule has 1 aliphatic rings. The molecule has 1 N–H and O–H groups in total. The van der Waals surface area contributed by atoms with Crippen LogP contribution >= 0.6 is 0 Å². The van der Waals surface area contributed by atoms with Gasteiger partial charge in [0.1, 0.15) is 5.75 Å². The number of hydrogen-bond donors (Lipinski definition) is 1. The van der Waals surface area contributed by atoms with E-state index in [1.54, 1.807) is 18.3 Å². The van der Waals surface area contributed by atoms with E-state index < -0.39 is 0 Å². The first kappa shape index (κ1) is 19.4. The van der Waals surface area contributed by atoms with Gasteiger partial charge in [0.2, 0.25) is 5.88 Å². The molecule has 27 heavy (non-hydrogen) atoms. The highest BCUT2D eigenvalue weighted by atomic mass is 16.5. The highest BCUT2D eigenvalue weighted by molar-refractivity contribution is 5.94. The minimum Gasteiger partial charge on any atom is -0.439 e. The molecule has 0 spiro atoms. The molecule has 2 heterocycles. The summed E-state index contributed by atoms with van der Waals surface area (Å²) >= 11 is 0. The van der Waals surface area contributed by atoms with Crippen molar-refractivity contribution in [3.63, 3.8) is 0 Å². The molecule has 0 radical (unpaired) electrons. The number of likely N-dealkylation sites (tertiary alicyclic amines) is 1. The van der Waals surface area contributed by atoms with Crippen LogP contribution in [-0.2, 0) is 5.41 Å². The minimum absolute atomic E-state index is 0.0437. The van der Waals surface area contributed by atoms with Gasteiger partial charge in [-0.3, -0.25) is 4.79 Å². The van der Waals surface area contributed by atoms with E-state index in [1.807, 2.05) is 24.1 Å². The zero-order valence-electron chi connectivity index (χ0n) is 16.7. The molecule has 1 fully saturated rings. The van der Waals surface area contributed by atoms with Crippen LogP contribution in [0, 0.1) is 5.92 Å². The van der Waals surface area contributed by atoms with Crippen molar-refractivity contribution in [2.75, 3.05) is 26.7 Å². The van der Waals surface area contributed by atoms with E-state index in [0.717, 1.165) is 31.8 Å². The van der Waals surface area contributed by atoms with Crippen molar-refractivity contribution >= 4 is 5.91 Å². The highest BCUT2D eigenvalue weighted by Gasteiger charge is 2.26. The molecule has 5 heteroatoms. The normalized spacial score (nSPS) is 17.2. The second-order valence-corrected chi connectivity index (χ2v) is 8.23. The molecule has 144 valence electrons. The molecule has 1 atom stereocenters. The van der Waals surface area contributed by atoms with Gasteiger partial charge < -0.3 is 15.0 Å². The summed E-state index contributed by atoms with van der Waals surface area (Å²) in [6.45, 7) is 9.11. The van der Waals surface area contributed by atoms with Gasteiger partial charge in [0.15, 0.2) is 0 Å². The Kier molecular flexibility index (Phi) is 5.80. The Hall–Kier alpha value is -2.40. The SMILES string of the molecule is CNC[C@@H]1CCN(C(=O)c2ccc(Oc3ccc(C(C)(C)C)cc3)nc2)C1. The molecular formula is C22H29N3O2. The molecular weight excluding hydrogens is 338 g/mol. The van der Waals surface area contributed by atoms with Crippen molar-refractivity contribution in [1.29, 1.82) is 0 Å². The molecule has 1 aromatic carbocycles. The monoisotopic (exact) mass is 367 g/mol. The van der Waals surface area contributed by atoms with Crippen LogP contribution in [0.2, 0.25) is 0 Å². The molecule has 0 unspecified atom stereocenters. The van der Waals surface area contributed by atoms with E-state index in [0.29, 0.717) is 17.4 Å². The number of hydrogen-bond acceptors (Lipinski definition) is 4. The van der Waals surface area contributed by atoms with Crippen LogP contribution in [0.3, 0.4) is 0 Å². The van der Waals surface area contributed by atoms with Gasteiger partial charge in [0.25, 0.3) is 5.91 Å². The van der Waals surface area contributed by atoms with E-state index in [9.17, 15) is 4.79 Å². The summed E-state index contributed by atoms with van der Waals surface area (Å²) in [5.41, 5.74) is 1.97. The van der Waals surface area contributed by atoms with Crippen LogP contribution in [0.4, 0.5) is 0 Å². The fourth-order valence-corrected chi connectivity index (χ4v) is 3.37. The molecule has 1 aromatic heterocycles. The minimum atomic E-state index is 0.0437. The third kappa shape index (κ3) is 4.86. The maximum atomic E-state index is 12.6. The summed E-state index contributed by atoms with van der Waals surface area (Å²) in [6, 6.07) is 11.6. The smallest absolute Gasteiger partial charge is 0.255 e. The Labute approximate surface area is 161 Å². The van der Waals surface area contributed by atoms with Gasteiger partial charge >= 0.3 is 0 Å². The van der Waals surface area contributed by atoms with Crippen LogP contribution in [0.25, 0.3) is 0 Å². The first-order chi connectivity index (χ1) is 12.9. The Morgan fingerprint density at radius 2 is 1.96 bits per heavy atom. The lowest BCUT2D eigenvalue weighted by molar-refractivity contribution is 0.0786. The van der Waals surface area contributed by atoms with Crippen molar-refractivity contribution in [1.82, 2.24) is 15.2 Å². The average molecular weight is 367 g/mol. The Morgan fingerprint density at radius 3 is 2.56 bits per heavy atom. The molecule has 0 aliphatic carbocycles. The lowest BCUT2D eigenvalue weighted by Crippen LogP contribution is -2.30. The van der Waals surface area contributed by atoms with E-state index in [2.05, 4.69) is 43.2 Å². The van der Waals surface area contributed by atoms with Crippen molar-refractivity contribution in [3.05, 3.63) is 53.7 Å². The van der Waals surface area contributed by atoms with Crippen molar-refractivity contribution < 1.29 is 9.53 Å². The topological polar surface area (TPSA) is 54.5 Å². The van der Waals surface area contributed by atoms with Gasteiger partial charge in [-0.25, -0.2) is 4.98 Å². The molecule has 3 rings (SSSR count). The van der Waals surface area contributed by atoms with Crippen molar-refractivity contribution in [2.45, 2.75) is 32.6 Å². The number of rotatable bonds is 5. The number of benzene rings is 1. The van der Waals surface area contributed by atoms with Crippen molar-refractivity contribution in [3.8, 4) is 11.6 Å². The number of ether oxygens (including phenoxy) is 1. The first-order valence-corrected chi connectivity index (χ1v) is 9.55. The highest BCUT2D eigenvalue weighted by Crippen LogP contribution is 2.26. The van der Waals surface area contributed by atoms with E-state index in [4.69, 9.17) is 4.74 Å². The maximum Gasteiger partial charge on any atom is 0.255 e. The number of nitrogens with zero attached hydrogens (tertiary/aromatic N) is 2. The number of amides is 1. The van der Waals surface area contributed by atoms with E-state index in [1.165, 1.54) is 5.56 Å². The van der Waals surface area contributed by atoms with Gasteiger partial charge in [-0.15, -0.1) is 0 Å². The quantitative estimate of drug-likeness (QED) is 0.872. The van der Waals surface area contributed by atoms with Gasteiger partial charge in [-0.1, -0.05) is 32.9 Å². The molecule has 5 nitrogen and oxygen atoms in total. The van der Waals surface area contributed by atoms with E-state index >= 15 is 0 Å². The fraction of sp³-hybridized carbons (Fsp3) is 0.455. The van der Waals surface area contributed by atoms with E-state index in [-0.39, 0.29) is 11.3 Å². The second kappa shape index (κ2) is 8.09. The van der Waals surface area contributed by atoms with Gasteiger partial charge in [-0.05, 0) is 55.1 Å². The summed E-state index contributed by atoms with van der Waals surface area (Å²) in [7, 11) is 1.95. The van der Waals surface area contributed by atoms with Gasteiger partial charge in [-0.2, -0.15) is 0 Å². The van der Waals surface area contributed by atoms with Crippen LogP contribution in [0.1, 0.15) is 43.1 Å². The average Bonchev–Trinajstić information content (AvgIpc) is 3.10. The lowest BCUT2D eigenvalue weighted by Gasteiger charge is -2.19. The standard InChI is InChI=1S/C22H29N3O2/c1-22(2,3)18-6-8-19(9-7-18)27-20-10-5-17(14-24-20)21(26)25-12-11-16(15-25)13-23-4/h5-10,14,16,23H,11-13,15H2,1-4H3/t16-/m0/s1. The zero-order valence-corrected chi connectivity index (χ0v) is 16.7. The predicted molar refractivity (Wildman–Crippen MR) is 107 cm³/mol. The third-order valence-corrected chi connectivity index (χ3v) is 4.99. The van der Waals surface area contributed by atoms with Crippen LogP contribution in [0.15, 0.2) is 42.6 Å². The van der Waals surface area contributed by atoms with Gasteiger partial charge in [0.05, 0.1) is 5.56 Å². The molecule has 1 saturated heterocycles. The Morgan fingerprint density at radius 1 is 1.22 bits per heavy atom. The first-order valence-electron chi connectivity index (χ1n) is 9.55. The number of carbonyl (C=O) groups excluding carboxylic acids is 1. The lowest BCUT2D eigenvalue weighted by atomic mass is 9.87.